The van der Waals surface area contributed by atoms with Crippen LogP contribution in [0.25, 0.3) is 0 Å². The van der Waals surface area contributed by atoms with E-state index in [4.69, 9.17) is 4.55 Å². The molecule has 0 spiro atoms. The quantitative estimate of drug-likeness (QED) is 0.396. The van der Waals surface area contributed by atoms with Gasteiger partial charge < -0.3 is 15.3 Å². The third kappa shape index (κ3) is 9.03. The van der Waals surface area contributed by atoms with Crippen molar-refractivity contribution in [2.24, 2.45) is 0 Å². The summed E-state index contributed by atoms with van der Waals surface area (Å²) in [5.41, 5.74) is 0.415. The third-order valence-electron chi connectivity index (χ3n) is 2.83. The maximum atomic E-state index is 11.3. The average Bonchev–Trinajstić information content (AvgIpc) is 2.24. The molecular weight excluding hydrogens is 284 g/mol. The van der Waals surface area contributed by atoms with Crippen molar-refractivity contribution < 1.29 is 22.9 Å². The summed E-state index contributed by atoms with van der Waals surface area (Å²) in [6, 6.07) is -0.114. The molecule has 118 valence electrons. The Morgan fingerprint density at radius 1 is 1.40 bits per heavy atom. The molecule has 0 radical (unpaired) electrons. The standard InChI is InChI=1S/C12H24N2O5S/c1-9(2)12(16)13-6-5-10(14(3)4)7-11(15)8-20(17,18)19/h10-11,15H,1,5-8H2,2-4H3,(H,13,16)(H,17,18,19). The van der Waals surface area contributed by atoms with E-state index < -0.39 is 22.0 Å². The molecule has 0 saturated carbocycles. The molecule has 0 aliphatic heterocycles. The minimum atomic E-state index is -4.19. The summed E-state index contributed by atoms with van der Waals surface area (Å²) in [6.45, 7) is 5.52. The second kappa shape index (κ2) is 8.35. The van der Waals surface area contributed by atoms with Gasteiger partial charge >= 0.3 is 0 Å². The molecule has 0 fully saturated rings. The van der Waals surface area contributed by atoms with E-state index in [-0.39, 0.29) is 18.4 Å². The lowest BCUT2D eigenvalue weighted by molar-refractivity contribution is -0.117. The lowest BCUT2D eigenvalue weighted by Crippen LogP contribution is -2.37. The van der Waals surface area contributed by atoms with E-state index in [0.29, 0.717) is 18.5 Å². The molecule has 8 heteroatoms. The first-order valence-corrected chi connectivity index (χ1v) is 7.87. The van der Waals surface area contributed by atoms with Crippen molar-refractivity contribution in [2.45, 2.75) is 31.9 Å². The second-order valence-corrected chi connectivity index (χ2v) is 6.58. The maximum Gasteiger partial charge on any atom is 0.267 e. The van der Waals surface area contributed by atoms with Crippen LogP contribution in [0, 0.1) is 0 Å². The number of nitrogens with zero attached hydrogens (tertiary/aromatic N) is 1. The molecule has 0 saturated heterocycles. The van der Waals surface area contributed by atoms with Crippen molar-refractivity contribution >= 4 is 16.0 Å². The Hall–Kier alpha value is -0.960. The van der Waals surface area contributed by atoms with Crippen molar-refractivity contribution in [1.29, 1.82) is 0 Å². The number of aliphatic hydroxyl groups excluding tert-OH is 1. The number of hydrogen-bond acceptors (Lipinski definition) is 5. The summed E-state index contributed by atoms with van der Waals surface area (Å²) < 4.78 is 30.1. The molecule has 20 heavy (non-hydrogen) atoms. The van der Waals surface area contributed by atoms with Crippen LogP contribution in [0.15, 0.2) is 12.2 Å². The smallest absolute Gasteiger partial charge is 0.267 e. The molecule has 2 atom stereocenters. The minimum Gasteiger partial charge on any atom is -0.392 e. The first kappa shape index (κ1) is 19.0. The van der Waals surface area contributed by atoms with Gasteiger partial charge in [0.15, 0.2) is 0 Å². The SMILES string of the molecule is C=C(C)C(=O)NCCC(CC(O)CS(=O)(=O)O)N(C)C. The summed E-state index contributed by atoms with van der Waals surface area (Å²) in [5, 5.41) is 12.3. The second-order valence-electron chi connectivity index (χ2n) is 5.08. The molecule has 7 nitrogen and oxygen atoms in total. The first-order chi connectivity index (χ1) is 9.03. The molecule has 0 heterocycles. The molecule has 0 aromatic heterocycles. The van der Waals surface area contributed by atoms with Crippen molar-refractivity contribution in [3.05, 3.63) is 12.2 Å². The Bertz CT molecular complexity index is 433. The van der Waals surface area contributed by atoms with Crippen LogP contribution in [0.1, 0.15) is 19.8 Å². The zero-order valence-electron chi connectivity index (χ0n) is 12.2. The Morgan fingerprint density at radius 3 is 2.35 bits per heavy atom. The van der Waals surface area contributed by atoms with Crippen LogP contribution in [-0.4, -0.2) is 67.4 Å². The highest BCUT2D eigenvalue weighted by molar-refractivity contribution is 7.85. The van der Waals surface area contributed by atoms with Gasteiger partial charge in [-0.25, -0.2) is 0 Å². The van der Waals surface area contributed by atoms with Gasteiger partial charge in [0.2, 0.25) is 5.91 Å². The van der Waals surface area contributed by atoms with Crippen LogP contribution in [0.4, 0.5) is 0 Å². The number of rotatable bonds is 9. The summed E-state index contributed by atoms with van der Waals surface area (Å²) in [6.07, 6.45) is -0.404. The Labute approximate surface area is 120 Å². The van der Waals surface area contributed by atoms with Gasteiger partial charge in [0.25, 0.3) is 10.1 Å². The monoisotopic (exact) mass is 308 g/mol. The predicted octanol–water partition coefficient (Wildman–Crippen LogP) is -0.362. The molecule has 1 amide bonds. The fourth-order valence-electron chi connectivity index (χ4n) is 1.72. The molecule has 0 aliphatic carbocycles. The fraction of sp³-hybridized carbons (Fsp3) is 0.750. The molecule has 2 unspecified atom stereocenters. The van der Waals surface area contributed by atoms with Crippen LogP contribution in [-0.2, 0) is 14.9 Å². The third-order valence-corrected chi connectivity index (χ3v) is 3.63. The van der Waals surface area contributed by atoms with Crippen LogP contribution >= 0.6 is 0 Å². The van der Waals surface area contributed by atoms with Crippen molar-refractivity contribution in [3.8, 4) is 0 Å². The molecule has 0 aliphatic rings. The molecule has 0 bridgehead atoms. The summed E-state index contributed by atoms with van der Waals surface area (Å²) in [7, 11) is -0.596. The largest absolute Gasteiger partial charge is 0.392 e. The van der Waals surface area contributed by atoms with Crippen LogP contribution in [0.5, 0.6) is 0 Å². The van der Waals surface area contributed by atoms with Gasteiger partial charge in [-0.15, -0.1) is 0 Å². The fourth-order valence-corrected chi connectivity index (χ4v) is 2.34. The number of carbonyl (C=O) groups is 1. The van der Waals surface area contributed by atoms with Gasteiger partial charge in [-0.1, -0.05) is 6.58 Å². The van der Waals surface area contributed by atoms with Gasteiger partial charge in [-0.2, -0.15) is 8.42 Å². The summed E-state index contributed by atoms with van der Waals surface area (Å²) >= 11 is 0. The molecule has 3 N–H and O–H groups in total. The lowest BCUT2D eigenvalue weighted by atomic mass is 10.1. The summed E-state index contributed by atoms with van der Waals surface area (Å²) in [5.74, 6) is -0.920. The number of amides is 1. The normalized spacial score (nSPS) is 14.9. The Kier molecular flexibility index (Phi) is 7.95. The van der Waals surface area contributed by atoms with Crippen LogP contribution in [0.2, 0.25) is 0 Å². The molecule has 0 aromatic rings. The highest BCUT2D eigenvalue weighted by Crippen LogP contribution is 2.09. The first-order valence-electron chi connectivity index (χ1n) is 6.26. The predicted molar refractivity (Wildman–Crippen MR) is 77.0 cm³/mol. The number of hydrogen-bond donors (Lipinski definition) is 3. The van der Waals surface area contributed by atoms with E-state index in [0.717, 1.165) is 0 Å². The van der Waals surface area contributed by atoms with Gasteiger partial charge in [0.1, 0.15) is 5.75 Å². The van der Waals surface area contributed by atoms with Gasteiger partial charge in [-0.05, 0) is 33.9 Å². The van der Waals surface area contributed by atoms with E-state index >= 15 is 0 Å². The summed E-state index contributed by atoms with van der Waals surface area (Å²) in [4.78, 5) is 13.2. The zero-order valence-corrected chi connectivity index (χ0v) is 13.0. The van der Waals surface area contributed by atoms with Gasteiger partial charge in [-0.3, -0.25) is 9.35 Å². The molecule has 0 rings (SSSR count). The highest BCUT2D eigenvalue weighted by Gasteiger charge is 2.20. The minimum absolute atomic E-state index is 0.114. The van der Waals surface area contributed by atoms with E-state index in [1.165, 1.54) is 0 Å². The topological polar surface area (TPSA) is 107 Å². The number of nitrogens with one attached hydrogen (secondary N) is 1. The van der Waals surface area contributed by atoms with Crippen molar-refractivity contribution in [2.75, 3.05) is 26.4 Å². The zero-order chi connectivity index (χ0) is 15.9. The average molecular weight is 308 g/mol. The van der Waals surface area contributed by atoms with Gasteiger partial charge in [0, 0.05) is 18.2 Å². The van der Waals surface area contributed by atoms with E-state index in [1.54, 1.807) is 21.0 Å². The lowest BCUT2D eigenvalue weighted by Gasteiger charge is -2.26. The Morgan fingerprint density at radius 2 is 1.95 bits per heavy atom. The van der Waals surface area contributed by atoms with E-state index in [2.05, 4.69) is 11.9 Å². The molecule has 0 aromatic carbocycles. The van der Waals surface area contributed by atoms with Gasteiger partial charge in [0.05, 0.1) is 6.10 Å². The number of aliphatic hydroxyl groups is 1. The van der Waals surface area contributed by atoms with Crippen LogP contribution in [0.3, 0.4) is 0 Å². The van der Waals surface area contributed by atoms with Crippen molar-refractivity contribution in [1.82, 2.24) is 10.2 Å². The van der Waals surface area contributed by atoms with Crippen LogP contribution < -0.4 is 5.32 Å². The van der Waals surface area contributed by atoms with E-state index in [1.807, 2.05) is 4.90 Å². The maximum absolute atomic E-state index is 11.3. The molecular formula is C12H24N2O5S. The highest BCUT2D eigenvalue weighted by atomic mass is 32.2. The Balaban J connectivity index is 4.30. The number of carbonyl (C=O) groups excluding carboxylic acids is 1. The van der Waals surface area contributed by atoms with E-state index in [9.17, 15) is 18.3 Å². The van der Waals surface area contributed by atoms with Crippen molar-refractivity contribution in [3.63, 3.8) is 0 Å².